The van der Waals surface area contributed by atoms with Crippen LogP contribution in [0.3, 0.4) is 0 Å². The van der Waals surface area contributed by atoms with Crippen molar-refractivity contribution in [3.8, 4) is 0 Å². The Kier molecular flexibility index (Phi) is 3.80. The van der Waals surface area contributed by atoms with Crippen LogP contribution in [0.1, 0.15) is 12.5 Å². The van der Waals surface area contributed by atoms with Crippen LogP contribution in [-0.4, -0.2) is 37.0 Å². The van der Waals surface area contributed by atoms with Gasteiger partial charge in [0.1, 0.15) is 0 Å². The molecule has 1 aromatic carbocycles. The number of aliphatic hydroxyl groups excluding tert-OH is 1. The minimum atomic E-state index is -3.52. The summed E-state index contributed by atoms with van der Waals surface area (Å²) in [4.78, 5) is 0.271. The highest BCUT2D eigenvalue weighted by Gasteiger charge is 2.38. The average molecular weight is 281 g/mol. The minimum absolute atomic E-state index is 0.133. The van der Waals surface area contributed by atoms with Crippen LogP contribution in [0.4, 0.5) is 0 Å². The number of β-amino-alcohol motifs (C(OH)–C–C–N with tert-alkyl or cyclic N) is 1. The van der Waals surface area contributed by atoms with Crippen molar-refractivity contribution in [1.29, 1.82) is 0 Å². The van der Waals surface area contributed by atoms with Crippen LogP contribution < -0.4 is 0 Å². The number of rotatable bonds is 3. The number of hydrogen-bond donors (Lipinski definition) is 1. The lowest BCUT2D eigenvalue weighted by Crippen LogP contribution is -2.29. The summed E-state index contributed by atoms with van der Waals surface area (Å²) in [6.45, 7) is 7.96. The fraction of sp³-hybridized carbons (Fsp3) is 0.429. The Hall–Kier alpha value is -1.17. The first kappa shape index (κ1) is 14.2. The van der Waals surface area contributed by atoms with Crippen molar-refractivity contribution < 1.29 is 13.5 Å². The Bertz CT molecular complexity index is 577. The van der Waals surface area contributed by atoms with E-state index in [9.17, 15) is 13.5 Å². The van der Waals surface area contributed by atoms with E-state index in [-0.39, 0.29) is 17.4 Å². The molecule has 1 aromatic rings. The molecule has 0 aromatic heterocycles. The smallest absolute Gasteiger partial charge is 0.243 e. The van der Waals surface area contributed by atoms with E-state index in [1.165, 1.54) is 4.31 Å². The summed E-state index contributed by atoms with van der Waals surface area (Å²) < 4.78 is 26.2. The molecule has 2 rings (SSSR count). The fourth-order valence-corrected chi connectivity index (χ4v) is 3.78. The second kappa shape index (κ2) is 5.07. The summed E-state index contributed by atoms with van der Waals surface area (Å²) in [6, 6.07) is 6.75. The quantitative estimate of drug-likeness (QED) is 0.855. The first-order valence-electron chi connectivity index (χ1n) is 6.22. The van der Waals surface area contributed by atoms with Crippen molar-refractivity contribution >= 4 is 10.0 Å². The van der Waals surface area contributed by atoms with Gasteiger partial charge >= 0.3 is 0 Å². The number of benzene rings is 1. The molecule has 0 unspecified atom stereocenters. The molecule has 0 aliphatic carbocycles. The third kappa shape index (κ3) is 2.73. The molecule has 0 saturated carbocycles. The van der Waals surface area contributed by atoms with Gasteiger partial charge in [0.05, 0.1) is 11.0 Å². The zero-order valence-electron chi connectivity index (χ0n) is 11.2. The Balaban J connectivity index is 2.27. The first-order chi connectivity index (χ1) is 8.82. The molecule has 1 heterocycles. The molecule has 0 amide bonds. The monoisotopic (exact) mass is 281 g/mol. The van der Waals surface area contributed by atoms with Crippen LogP contribution >= 0.6 is 0 Å². The van der Waals surface area contributed by atoms with Crippen LogP contribution in [0.5, 0.6) is 0 Å². The van der Waals surface area contributed by atoms with Gasteiger partial charge in [-0.2, -0.15) is 4.31 Å². The minimum Gasteiger partial charge on any atom is -0.391 e. The third-order valence-electron chi connectivity index (χ3n) is 3.55. The first-order valence-corrected chi connectivity index (χ1v) is 7.66. The number of aliphatic hydroxyl groups is 1. The normalized spacial score (nSPS) is 24.6. The lowest BCUT2D eigenvalue weighted by Gasteiger charge is -2.16. The lowest BCUT2D eigenvalue weighted by molar-refractivity contribution is 0.160. The van der Waals surface area contributed by atoms with Crippen LogP contribution in [0.15, 0.2) is 41.3 Å². The van der Waals surface area contributed by atoms with Gasteiger partial charge in [-0.15, -0.1) is 0 Å². The van der Waals surface area contributed by atoms with Crippen molar-refractivity contribution in [3.05, 3.63) is 42.0 Å². The summed E-state index contributed by atoms with van der Waals surface area (Å²) in [5.74, 6) is -0.180. The van der Waals surface area contributed by atoms with Gasteiger partial charge in [0.2, 0.25) is 10.0 Å². The molecule has 1 N–H and O–H groups in total. The fourth-order valence-electron chi connectivity index (χ4n) is 2.29. The predicted molar refractivity (Wildman–Crippen MR) is 74.2 cm³/mol. The van der Waals surface area contributed by atoms with E-state index in [0.717, 1.165) is 11.1 Å². The molecule has 1 aliphatic rings. The maximum Gasteiger partial charge on any atom is 0.243 e. The summed E-state index contributed by atoms with van der Waals surface area (Å²) in [5.41, 5.74) is 1.83. The van der Waals surface area contributed by atoms with Crippen LogP contribution in [0, 0.1) is 12.8 Å². The van der Waals surface area contributed by atoms with Crippen molar-refractivity contribution in [3.63, 3.8) is 0 Å². The Morgan fingerprint density at radius 1 is 1.32 bits per heavy atom. The summed E-state index contributed by atoms with van der Waals surface area (Å²) >= 11 is 0. The molecule has 4 nitrogen and oxygen atoms in total. The van der Waals surface area contributed by atoms with Gasteiger partial charge in [0.25, 0.3) is 0 Å². The van der Waals surface area contributed by atoms with Crippen molar-refractivity contribution in [2.24, 2.45) is 5.92 Å². The zero-order valence-corrected chi connectivity index (χ0v) is 12.0. The van der Waals surface area contributed by atoms with Gasteiger partial charge in [-0.25, -0.2) is 8.42 Å². The highest BCUT2D eigenvalue weighted by Crippen LogP contribution is 2.28. The standard InChI is InChI=1S/C14H19NO3S/c1-10(2)13-8-15(9-14(13)16)19(17,18)12-6-4-11(3)5-7-12/h4-7,13-14,16H,1,8-9H2,2-3H3/t13-,14-/m0/s1. The highest BCUT2D eigenvalue weighted by molar-refractivity contribution is 7.89. The maximum atomic E-state index is 12.4. The van der Waals surface area contributed by atoms with E-state index < -0.39 is 16.1 Å². The number of hydrogen-bond acceptors (Lipinski definition) is 3. The predicted octanol–water partition coefficient (Wildman–Crippen LogP) is 1.55. The maximum absolute atomic E-state index is 12.4. The zero-order chi connectivity index (χ0) is 14.2. The summed E-state index contributed by atoms with van der Waals surface area (Å²) in [5, 5.41) is 9.92. The SMILES string of the molecule is C=C(C)[C@@H]1CN(S(=O)(=O)c2ccc(C)cc2)C[C@@H]1O. The van der Waals surface area contributed by atoms with Gasteiger partial charge in [0, 0.05) is 19.0 Å². The van der Waals surface area contributed by atoms with E-state index in [2.05, 4.69) is 6.58 Å². The molecule has 104 valence electrons. The van der Waals surface area contributed by atoms with Crippen LogP contribution in [-0.2, 0) is 10.0 Å². The van der Waals surface area contributed by atoms with Crippen LogP contribution in [0.25, 0.3) is 0 Å². The number of sulfonamides is 1. The molecular formula is C14H19NO3S. The molecule has 2 atom stereocenters. The average Bonchev–Trinajstić information content (AvgIpc) is 2.72. The summed E-state index contributed by atoms with van der Waals surface area (Å²) in [6.07, 6.45) is -0.669. The van der Waals surface area contributed by atoms with Crippen molar-refractivity contribution in [2.75, 3.05) is 13.1 Å². The van der Waals surface area contributed by atoms with E-state index in [1.807, 2.05) is 13.8 Å². The number of nitrogens with zero attached hydrogens (tertiary/aromatic N) is 1. The van der Waals surface area contributed by atoms with Crippen molar-refractivity contribution in [2.45, 2.75) is 24.8 Å². The molecule has 5 heteroatoms. The largest absolute Gasteiger partial charge is 0.391 e. The van der Waals surface area contributed by atoms with Crippen LogP contribution in [0.2, 0.25) is 0 Å². The van der Waals surface area contributed by atoms with Crippen molar-refractivity contribution in [1.82, 2.24) is 4.31 Å². The molecular weight excluding hydrogens is 262 g/mol. The lowest BCUT2D eigenvalue weighted by atomic mass is 9.99. The van der Waals surface area contributed by atoms with Gasteiger partial charge in [0.15, 0.2) is 0 Å². The number of aryl methyl sites for hydroxylation is 1. The topological polar surface area (TPSA) is 57.6 Å². The molecule has 1 fully saturated rings. The Labute approximate surface area is 114 Å². The molecule has 1 saturated heterocycles. The van der Waals surface area contributed by atoms with E-state index in [0.29, 0.717) is 6.54 Å². The third-order valence-corrected chi connectivity index (χ3v) is 5.39. The Morgan fingerprint density at radius 2 is 1.89 bits per heavy atom. The molecule has 0 bridgehead atoms. The van der Waals surface area contributed by atoms with E-state index >= 15 is 0 Å². The molecule has 0 radical (unpaired) electrons. The van der Waals surface area contributed by atoms with E-state index in [1.54, 1.807) is 24.3 Å². The summed E-state index contributed by atoms with van der Waals surface area (Å²) in [7, 11) is -3.52. The highest BCUT2D eigenvalue weighted by atomic mass is 32.2. The van der Waals surface area contributed by atoms with Gasteiger partial charge in [-0.1, -0.05) is 29.8 Å². The van der Waals surface area contributed by atoms with Gasteiger partial charge < -0.3 is 5.11 Å². The van der Waals surface area contributed by atoms with Gasteiger partial charge in [-0.05, 0) is 26.0 Å². The second-order valence-corrected chi connectivity index (χ2v) is 7.09. The molecule has 1 aliphatic heterocycles. The van der Waals surface area contributed by atoms with Gasteiger partial charge in [-0.3, -0.25) is 0 Å². The second-order valence-electron chi connectivity index (χ2n) is 5.16. The van der Waals surface area contributed by atoms with E-state index in [4.69, 9.17) is 0 Å². The molecule has 0 spiro atoms. The molecule has 19 heavy (non-hydrogen) atoms. The Morgan fingerprint density at radius 3 is 2.37 bits per heavy atom.